The summed E-state index contributed by atoms with van der Waals surface area (Å²) in [4.78, 5) is 17.5. The largest absolute Gasteiger partial charge is 0.503 e. The molecular formula is C24H25FN2O2. The molecule has 3 saturated heterocycles. The van der Waals surface area contributed by atoms with Gasteiger partial charge in [0.05, 0.1) is 6.04 Å². The summed E-state index contributed by atoms with van der Waals surface area (Å²) in [5.74, 6) is -0.373. The zero-order valence-electron chi connectivity index (χ0n) is 16.4. The second-order valence-electron chi connectivity index (χ2n) is 8.33. The number of nitrogens with zero attached hydrogens (tertiary/aromatic N) is 2. The summed E-state index contributed by atoms with van der Waals surface area (Å²) in [6.07, 6.45) is 2.77. The molecule has 2 bridgehead atoms. The van der Waals surface area contributed by atoms with Crippen LogP contribution in [0.25, 0.3) is 0 Å². The average Bonchev–Trinajstić information content (AvgIpc) is 2.78. The van der Waals surface area contributed by atoms with Crippen LogP contribution in [-0.4, -0.2) is 47.0 Å². The third kappa shape index (κ3) is 3.23. The van der Waals surface area contributed by atoms with Gasteiger partial charge in [0.25, 0.3) is 5.91 Å². The average molecular weight is 392 g/mol. The highest BCUT2D eigenvalue weighted by molar-refractivity contribution is 5.93. The minimum Gasteiger partial charge on any atom is -0.503 e. The van der Waals surface area contributed by atoms with Crippen molar-refractivity contribution in [1.82, 2.24) is 9.80 Å². The Hall–Kier alpha value is -2.66. The van der Waals surface area contributed by atoms with Crippen LogP contribution in [0.2, 0.25) is 0 Å². The lowest BCUT2D eigenvalue weighted by atomic mass is 9.82. The highest BCUT2D eigenvalue weighted by Crippen LogP contribution is 2.38. The van der Waals surface area contributed by atoms with E-state index >= 15 is 0 Å². The second-order valence-corrected chi connectivity index (χ2v) is 8.33. The van der Waals surface area contributed by atoms with Crippen molar-refractivity contribution < 1.29 is 14.3 Å². The summed E-state index contributed by atoms with van der Waals surface area (Å²) in [6, 6.07) is 14.1. The van der Waals surface area contributed by atoms with E-state index in [1.54, 1.807) is 17.0 Å². The molecule has 4 aliphatic rings. The molecule has 0 aromatic heterocycles. The van der Waals surface area contributed by atoms with Gasteiger partial charge in [-0.2, -0.15) is 0 Å². The standard InChI is InChI=1S/C24H25FN2O2/c25-19-7-5-18(6-8-19)22-20-4-2-1-3-16(20)11-14-27(22)24(29)23(28)21-15-26-12-9-17(21)10-13-26/h1-8,17,22,28H,9-15H2. The molecule has 1 unspecified atom stereocenters. The zero-order valence-corrected chi connectivity index (χ0v) is 16.4. The topological polar surface area (TPSA) is 43.8 Å². The van der Waals surface area contributed by atoms with E-state index in [0.29, 0.717) is 19.0 Å². The van der Waals surface area contributed by atoms with Gasteiger partial charge in [-0.05, 0) is 72.7 Å². The maximum atomic E-state index is 13.5. The molecule has 150 valence electrons. The van der Waals surface area contributed by atoms with Crippen LogP contribution in [0.5, 0.6) is 0 Å². The van der Waals surface area contributed by atoms with E-state index in [4.69, 9.17) is 0 Å². The van der Waals surface area contributed by atoms with Crippen molar-refractivity contribution in [1.29, 1.82) is 0 Å². The van der Waals surface area contributed by atoms with Gasteiger partial charge in [0.1, 0.15) is 5.82 Å². The fourth-order valence-electron chi connectivity index (χ4n) is 5.14. The molecule has 2 aromatic rings. The van der Waals surface area contributed by atoms with Crippen molar-refractivity contribution in [2.24, 2.45) is 5.92 Å². The number of hydrogen-bond donors (Lipinski definition) is 1. The molecule has 0 aliphatic carbocycles. The molecule has 6 rings (SSSR count). The lowest BCUT2D eigenvalue weighted by Crippen LogP contribution is -2.46. The van der Waals surface area contributed by atoms with Crippen LogP contribution in [0.15, 0.2) is 59.9 Å². The van der Waals surface area contributed by atoms with E-state index in [9.17, 15) is 14.3 Å². The molecule has 4 aliphatic heterocycles. The Labute approximate surface area is 170 Å². The lowest BCUT2D eigenvalue weighted by molar-refractivity contribution is -0.132. The zero-order chi connectivity index (χ0) is 20.0. The molecule has 4 heterocycles. The Bertz CT molecular complexity index is 961. The van der Waals surface area contributed by atoms with Gasteiger partial charge in [0.15, 0.2) is 5.76 Å². The summed E-state index contributed by atoms with van der Waals surface area (Å²) in [5.41, 5.74) is 3.99. The molecule has 0 saturated carbocycles. The van der Waals surface area contributed by atoms with Gasteiger partial charge in [0.2, 0.25) is 0 Å². The number of fused-ring (bicyclic) bond motifs is 4. The number of aliphatic hydroxyl groups excluding tert-OH is 1. The number of piperidine rings is 3. The van der Waals surface area contributed by atoms with Crippen molar-refractivity contribution in [2.75, 3.05) is 26.2 Å². The number of carbonyl (C=O) groups is 1. The molecule has 0 spiro atoms. The van der Waals surface area contributed by atoms with Crippen LogP contribution in [0.3, 0.4) is 0 Å². The van der Waals surface area contributed by atoms with Crippen molar-refractivity contribution in [3.05, 3.63) is 82.4 Å². The Morgan fingerprint density at radius 1 is 1.00 bits per heavy atom. The van der Waals surface area contributed by atoms with Crippen molar-refractivity contribution in [3.8, 4) is 0 Å². The van der Waals surface area contributed by atoms with Gasteiger partial charge in [0, 0.05) is 13.1 Å². The molecule has 4 nitrogen and oxygen atoms in total. The predicted octanol–water partition coefficient (Wildman–Crippen LogP) is 3.84. The third-order valence-electron chi connectivity index (χ3n) is 6.71. The van der Waals surface area contributed by atoms with Gasteiger partial charge in [-0.3, -0.25) is 9.69 Å². The first-order valence-corrected chi connectivity index (χ1v) is 10.4. The second kappa shape index (κ2) is 7.30. The van der Waals surface area contributed by atoms with E-state index in [1.165, 1.54) is 17.7 Å². The maximum absolute atomic E-state index is 13.5. The van der Waals surface area contributed by atoms with Crippen LogP contribution in [0, 0.1) is 11.7 Å². The first kappa shape index (κ1) is 18.4. The Morgan fingerprint density at radius 2 is 1.72 bits per heavy atom. The van der Waals surface area contributed by atoms with Gasteiger partial charge in [-0.1, -0.05) is 36.4 Å². The van der Waals surface area contributed by atoms with Gasteiger partial charge < -0.3 is 10.0 Å². The van der Waals surface area contributed by atoms with E-state index in [2.05, 4.69) is 11.0 Å². The summed E-state index contributed by atoms with van der Waals surface area (Å²) in [6.45, 7) is 3.31. The van der Waals surface area contributed by atoms with Gasteiger partial charge in [-0.15, -0.1) is 0 Å². The predicted molar refractivity (Wildman–Crippen MR) is 109 cm³/mol. The number of aliphatic hydroxyl groups is 1. The molecule has 5 heteroatoms. The number of halogens is 1. The fraction of sp³-hybridized carbons (Fsp3) is 0.375. The Morgan fingerprint density at radius 3 is 2.41 bits per heavy atom. The van der Waals surface area contributed by atoms with Gasteiger partial charge in [-0.25, -0.2) is 4.39 Å². The normalized spacial score (nSPS) is 27.5. The summed E-state index contributed by atoms with van der Waals surface area (Å²) in [7, 11) is 0. The molecule has 3 fully saturated rings. The van der Waals surface area contributed by atoms with Crippen molar-refractivity contribution in [2.45, 2.75) is 25.3 Å². The van der Waals surface area contributed by atoms with Crippen LogP contribution in [0.1, 0.15) is 35.6 Å². The number of carbonyl (C=O) groups excluding carboxylic acids is 1. The molecule has 1 N–H and O–H groups in total. The van der Waals surface area contributed by atoms with E-state index in [0.717, 1.165) is 49.1 Å². The van der Waals surface area contributed by atoms with Crippen molar-refractivity contribution in [3.63, 3.8) is 0 Å². The number of amides is 1. The minimum atomic E-state index is -0.322. The van der Waals surface area contributed by atoms with E-state index in [1.807, 2.05) is 18.2 Å². The van der Waals surface area contributed by atoms with Crippen LogP contribution >= 0.6 is 0 Å². The summed E-state index contributed by atoms with van der Waals surface area (Å²) in [5, 5.41) is 11.0. The van der Waals surface area contributed by atoms with E-state index < -0.39 is 0 Å². The summed E-state index contributed by atoms with van der Waals surface area (Å²) >= 11 is 0. The summed E-state index contributed by atoms with van der Waals surface area (Å²) < 4.78 is 13.5. The van der Waals surface area contributed by atoms with Crippen molar-refractivity contribution >= 4 is 5.91 Å². The number of benzene rings is 2. The molecule has 2 aromatic carbocycles. The third-order valence-corrected chi connectivity index (χ3v) is 6.71. The van der Waals surface area contributed by atoms with Crippen LogP contribution < -0.4 is 0 Å². The monoisotopic (exact) mass is 392 g/mol. The molecule has 1 amide bonds. The van der Waals surface area contributed by atoms with Gasteiger partial charge >= 0.3 is 0 Å². The molecule has 0 radical (unpaired) electrons. The van der Waals surface area contributed by atoms with E-state index in [-0.39, 0.29) is 23.5 Å². The van der Waals surface area contributed by atoms with Crippen LogP contribution in [-0.2, 0) is 11.2 Å². The fourth-order valence-corrected chi connectivity index (χ4v) is 5.14. The Balaban J connectivity index is 1.54. The lowest BCUT2D eigenvalue weighted by Gasteiger charge is -2.42. The number of hydrogen-bond acceptors (Lipinski definition) is 3. The maximum Gasteiger partial charge on any atom is 0.289 e. The molecule has 1 atom stereocenters. The Kier molecular flexibility index (Phi) is 4.63. The smallest absolute Gasteiger partial charge is 0.289 e. The highest BCUT2D eigenvalue weighted by Gasteiger charge is 2.38. The minimum absolute atomic E-state index is 0.0779. The quantitative estimate of drug-likeness (QED) is 0.624. The first-order valence-electron chi connectivity index (χ1n) is 10.4. The highest BCUT2D eigenvalue weighted by atomic mass is 19.1. The molecule has 29 heavy (non-hydrogen) atoms. The number of rotatable bonds is 2. The molecular weight excluding hydrogens is 367 g/mol. The SMILES string of the molecule is O=C(C(O)=C1CN2CCC1CC2)N1CCc2ccccc2C1c1ccc(F)cc1. The van der Waals surface area contributed by atoms with Crippen LogP contribution in [0.4, 0.5) is 4.39 Å². The first-order chi connectivity index (χ1) is 14.1.